The van der Waals surface area contributed by atoms with E-state index in [1.807, 2.05) is 18.2 Å². The molecule has 0 aliphatic carbocycles. The van der Waals surface area contributed by atoms with E-state index in [2.05, 4.69) is 22.2 Å². The van der Waals surface area contributed by atoms with Crippen LogP contribution in [0.5, 0.6) is 0 Å². The molecule has 0 aromatic heterocycles. The van der Waals surface area contributed by atoms with Crippen LogP contribution in [0.15, 0.2) is 48.5 Å². The van der Waals surface area contributed by atoms with Crippen molar-refractivity contribution < 1.29 is 21.8 Å². The molecule has 0 spiro atoms. The summed E-state index contributed by atoms with van der Waals surface area (Å²) >= 11 is 0.869. The van der Waals surface area contributed by atoms with E-state index >= 15 is 0 Å². The van der Waals surface area contributed by atoms with E-state index < -0.39 is 14.2 Å². The van der Waals surface area contributed by atoms with Crippen LogP contribution in [0.25, 0.3) is 0 Å². The number of benzene rings is 2. The molecular formula is C16H19AsClNO5. The number of aryl methyl sites for hydroxylation is 1. The van der Waals surface area contributed by atoms with Crippen molar-refractivity contribution in [3.8, 4) is 0 Å². The van der Waals surface area contributed by atoms with Gasteiger partial charge < -0.3 is 0 Å². The molecule has 0 aliphatic heterocycles. The van der Waals surface area contributed by atoms with Crippen molar-refractivity contribution in [3.05, 3.63) is 59.7 Å². The standard InChI is InChI=1S/C8H10AsNO5.C8H9Cl/c1-6(11)10-8-4-2-7(3-5-8)9(12,13)15-14;1-7-4-2-3-5-8(7)6-9/h2-5,14H,1H3,(H,10,11)(H,12,13);2-5H,6H2,1H3. The Morgan fingerprint density at radius 1 is 1.21 bits per heavy atom. The van der Waals surface area contributed by atoms with Gasteiger partial charge in [0.15, 0.2) is 0 Å². The van der Waals surface area contributed by atoms with Gasteiger partial charge in [0.05, 0.1) is 0 Å². The summed E-state index contributed by atoms with van der Waals surface area (Å²) in [6.07, 6.45) is 0. The van der Waals surface area contributed by atoms with Gasteiger partial charge in [-0.25, -0.2) is 0 Å². The fourth-order valence-electron chi connectivity index (χ4n) is 1.74. The number of halogens is 1. The third kappa shape index (κ3) is 6.51. The minimum Gasteiger partial charge on any atom is -0.122 e. The summed E-state index contributed by atoms with van der Waals surface area (Å²) in [6, 6.07) is 13.6. The van der Waals surface area contributed by atoms with E-state index in [-0.39, 0.29) is 10.3 Å². The SMILES string of the molecule is CC(=O)Nc1ccc([As](=O)(O)OO)cc1.Cc1ccccc1CCl. The average molecular weight is 416 g/mol. The molecule has 0 aliphatic rings. The molecule has 2 aromatic rings. The smallest absolute Gasteiger partial charge is 0.0476 e. The number of anilines is 1. The molecule has 6 nitrogen and oxygen atoms in total. The fraction of sp³-hybridized carbons (Fsp3) is 0.188. The quantitative estimate of drug-likeness (QED) is 0.308. The van der Waals surface area contributed by atoms with Gasteiger partial charge in [-0.15, -0.1) is 11.6 Å². The zero-order chi connectivity index (χ0) is 18.2. The molecule has 0 fully saturated rings. The summed E-state index contributed by atoms with van der Waals surface area (Å²) in [5.74, 6) is 0.380. The molecule has 1 atom stereocenters. The average Bonchev–Trinajstić information content (AvgIpc) is 2.56. The first-order valence-corrected chi connectivity index (χ1v) is 10.8. The fourth-order valence-corrected chi connectivity index (χ4v) is 3.34. The predicted molar refractivity (Wildman–Crippen MR) is 93.5 cm³/mol. The minimum atomic E-state index is -4.76. The molecule has 2 rings (SSSR count). The minimum absolute atomic E-state index is 0.00438. The number of amides is 1. The Morgan fingerprint density at radius 2 is 1.79 bits per heavy atom. The number of nitrogens with one attached hydrogen (secondary N) is 1. The van der Waals surface area contributed by atoms with E-state index in [1.54, 1.807) is 0 Å². The van der Waals surface area contributed by atoms with Crippen LogP contribution < -0.4 is 9.67 Å². The predicted octanol–water partition coefficient (Wildman–Crippen LogP) is 2.44. The molecule has 2 aromatic carbocycles. The van der Waals surface area contributed by atoms with Crippen LogP contribution in [0.1, 0.15) is 18.1 Å². The maximum Gasteiger partial charge on any atom is 0.0476 e. The Morgan fingerprint density at radius 3 is 2.21 bits per heavy atom. The second-order valence-electron chi connectivity index (χ2n) is 4.89. The summed E-state index contributed by atoms with van der Waals surface area (Å²) < 4.78 is 23.8. The molecule has 130 valence electrons. The Hall–Kier alpha value is -1.56. The Kier molecular flexibility index (Phi) is 8.25. The van der Waals surface area contributed by atoms with Crippen molar-refractivity contribution in [2.75, 3.05) is 5.32 Å². The van der Waals surface area contributed by atoms with Gasteiger partial charge in [0, 0.05) is 5.88 Å². The zero-order valence-electron chi connectivity index (χ0n) is 13.3. The van der Waals surface area contributed by atoms with Crippen LogP contribution in [-0.2, 0) is 18.3 Å². The van der Waals surface area contributed by atoms with Crippen molar-refractivity contribution in [1.82, 2.24) is 0 Å². The number of alkyl halides is 1. The molecule has 0 saturated carbocycles. The number of hydrogen-bond acceptors (Lipinski definition) is 4. The summed E-state index contributed by atoms with van der Waals surface area (Å²) in [5.41, 5.74) is 2.99. The van der Waals surface area contributed by atoms with E-state index in [0.29, 0.717) is 11.6 Å². The van der Waals surface area contributed by atoms with E-state index in [0.717, 1.165) is 0 Å². The van der Waals surface area contributed by atoms with Crippen molar-refractivity contribution in [3.63, 3.8) is 0 Å². The number of carbonyl (C=O) groups excluding carboxylic acids is 1. The molecule has 1 unspecified atom stereocenters. The van der Waals surface area contributed by atoms with Gasteiger partial charge in [-0.2, -0.15) is 0 Å². The first-order valence-electron chi connectivity index (χ1n) is 6.94. The van der Waals surface area contributed by atoms with E-state index in [1.165, 1.54) is 42.3 Å². The van der Waals surface area contributed by atoms with Crippen molar-refractivity contribution in [2.45, 2.75) is 19.7 Å². The number of hydrogen-bond donors (Lipinski definition) is 3. The first-order chi connectivity index (χ1) is 11.3. The number of rotatable bonds is 4. The Labute approximate surface area is 148 Å². The van der Waals surface area contributed by atoms with Crippen LogP contribution in [-0.4, -0.2) is 29.4 Å². The van der Waals surface area contributed by atoms with Crippen LogP contribution in [0.3, 0.4) is 0 Å². The summed E-state index contributed by atoms with van der Waals surface area (Å²) in [5, 5.41) is 10.7. The summed E-state index contributed by atoms with van der Waals surface area (Å²) in [4.78, 5) is 10.7. The van der Waals surface area contributed by atoms with Gasteiger partial charge in [-0.05, 0) is 18.1 Å². The third-order valence-electron chi connectivity index (χ3n) is 3.03. The van der Waals surface area contributed by atoms with Gasteiger partial charge in [0.25, 0.3) is 0 Å². The maximum absolute atomic E-state index is 11.2. The molecular weight excluding hydrogens is 397 g/mol. The van der Waals surface area contributed by atoms with Crippen LogP contribution in [0, 0.1) is 6.92 Å². The molecule has 24 heavy (non-hydrogen) atoms. The third-order valence-corrected chi connectivity index (χ3v) is 5.78. The first kappa shape index (κ1) is 20.5. The maximum atomic E-state index is 11.2. The van der Waals surface area contributed by atoms with Crippen molar-refractivity contribution in [2.24, 2.45) is 0 Å². The molecule has 1 amide bonds. The van der Waals surface area contributed by atoms with Crippen molar-refractivity contribution in [1.29, 1.82) is 0 Å². The second-order valence-corrected chi connectivity index (χ2v) is 8.77. The number of carbonyl (C=O) groups is 1. The normalized spacial score (nSPS) is 12.5. The summed E-state index contributed by atoms with van der Waals surface area (Å²) in [7, 11) is 0. The van der Waals surface area contributed by atoms with Gasteiger partial charge >= 0.3 is 88.4 Å². The largest absolute Gasteiger partial charge is 0.122 e. The zero-order valence-corrected chi connectivity index (χ0v) is 15.9. The van der Waals surface area contributed by atoms with Crippen molar-refractivity contribution >= 4 is 41.7 Å². The molecule has 3 N–H and O–H groups in total. The Balaban J connectivity index is 0.000000272. The van der Waals surface area contributed by atoms with Gasteiger partial charge in [0.2, 0.25) is 0 Å². The molecule has 0 bridgehead atoms. The van der Waals surface area contributed by atoms with Crippen LogP contribution in [0.4, 0.5) is 5.69 Å². The monoisotopic (exact) mass is 415 g/mol. The topological polar surface area (TPSA) is 95.9 Å². The van der Waals surface area contributed by atoms with E-state index in [9.17, 15) is 8.53 Å². The van der Waals surface area contributed by atoms with Gasteiger partial charge in [0.1, 0.15) is 0 Å². The second kappa shape index (κ2) is 9.67. The molecule has 8 heteroatoms. The molecule has 0 heterocycles. The molecule has 0 radical (unpaired) electrons. The van der Waals surface area contributed by atoms with E-state index in [4.69, 9.17) is 21.0 Å². The van der Waals surface area contributed by atoms with Crippen LogP contribution >= 0.6 is 11.6 Å². The van der Waals surface area contributed by atoms with Gasteiger partial charge in [-0.3, -0.25) is 0 Å². The summed E-state index contributed by atoms with van der Waals surface area (Å²) in [6.45, 7) is 3.42. The van der Waals surface area contributed by atoms with Gasteiger partial charge in [-0.1, -0.05) is 24.3 Å². The Bertz CT molecular complexity index is 721. The van der Waals surface area contributed by atoms with Crippen LogP contribution in [0.2, 0.25) is 0 Å². The molecule has 0 saturated heterocycles.